The average molecular weight is 186 g/mol. The first-order chi connectivity index (χ1) is 6.83. The first kappa shape index (κ1) is 10.8. The highest BCUT2D eigenvalue weighted by Crippen LogP contribution is 2.03. The van der Waals surface area contributed by atoms with Gasteiger partial charge in [-0.2, -0.15) is 0 Å². The number of allylic oxidation sites excluding steroid dienone is 1. The summed E-state index contributed by atoms with van der Waals surface area (Å²) >= 11 is 0. The molecule has 14 heavy (non-hydrogen) atoms. The summed E-state index contributed by atoms with van der Waals surface area (Å²) in [7, 11) is 0. The summed E-state index contributed by atoms with van der Waals surface area (Å²) < 4.78 is 0. The highest BCUT2D eigenvalue weighted by Gasteiger charge is 1.87. The molecule has 0 saturated heterocycles. The Morgan fingerprint density at radius 1 is 1.29 bits per heavy atom. The van der Waals surface area contributed by atoms with Crippen molar-refractivity contribution in [1.82, 2.24) is 0 Å². The molecule has 74 valence electrons. The summed E-state index contributed by atoms with van der Waals surface area (Å²) in [4.78, 5) is 0. The monoisotopic (exact) mass is 186 g/mol. The molecule has 0 N–H and O–H groups in total. The maximum absolute atomic E-state index is 3.29. The molecule has 0 unspecified atom stereocenters. The molecule has 0 saturated carbocycles. The maximum Gasteiger partial charge on any atom is -0.0234 e. The van der Waals surface area contributed by atoms with E-state index in [0.29, 0.717) is 0 Å². The van der Waals surface area contributed by atoms with Crippen molar-refractivity contribution in [3.8, 4) is 0 Å². The predicted octanol–water partition coefficient (Wildman–Crippen LogP) is 4.13. The number of aryl methyl sites for hydroxylation is 1. The van der Waals surface area contributed by atoms with Crippen LogP contribution in [0.5, 0.6) is 0 Å². The molecular formula is C14H18. The number of rotatable bonds is 4. The van der Waals surface area contributed by atoms with E-state index >= 15 is 0 Å². The van der Waals surface area contributed by atoms with Crippen molar-refractivity contribution in [2.24, 2.45) is 0 Å². The van der Waals surface area contributed by atoms with Gasteiger partial charge in [0.1, 0.15) is 0 Å². The van der Waals surface area contributed by atoms with Crippen LogP contribution in [0.1, 0.15) is 32.3 Å². The number of hydrogen-bond donors (Lipinski definition) is 0. The minimum atomic E-state index is 1.08. The highest BCUT2D eigenvalue weighted by atomic mass is 13.9. The Balaban J connectivity index is 2.39. The quantitative estimate of drug-likeness (QED) is 0.620. The summed E-state index contributed by atoms with van der Waals surface area (Å²) in [6.45, 7) is 4.28. The van der Waals surface area contributed by atoms with Crippen LogP contribution in [-0.2, 0) is 6.42 Å². The number of hydrogen-bond acceptors (Lipinski definition) is 0. The molecule has 1 aromatic carbocycles. The molecule has 0 bridgehead atoms. The fourth-order valence-corrected chi connectivity index (χ4v) is 1.23. The normalized spacial score (nSPS) is 9.29. The van der Waals surface area contributed by atoms with Crippen LogP contribution in [0.4, 0.5) is 0 Å². The SMILES string of the molecule is CCC(C)=C=CCCc1ccccc1. The molecular weight excluding hydrogens is 168 g/mol. The third kappa shape index (κ3) is 4.11. The standard InChI is InChI=1S/C14H18/c1-3-13(2)9-7-8-12-14-10-5-4-6-11-14/h4-7,10-11H,3,8,12H2,1-2H3. The van der Waals surface area contributed by atoms with Crippen LogP contribution < -0.4 is 0 Å². The van der Waals surface area contributed by atoms with Crippen LogP contribution in [-0.4, -0.2) is 0 Å². The fourth-order valence-electron chi connectivity index (χ4n) is 1.23. The molecule has 0 heterocycles. The second-order valence-electron chi connectivity index (χ2n) is 3.51. The van der Waals surface area contributed by atoms with Gasteiger partial charge in [0.2, 0.25) is 0 Å². The van der Waals surface area contributed by atoms with Crippen molar-refractivity contribution in [2.45, 2.75) is 33.1 Å². The van der Waals surface area contributed by atoms with E-state index in [4.69, 9.17) is 0 Å². The van der Waals surface area contributed by atoms with Gasteiger partial charge >= 0.3 is 0 Å². The molecule has 0 aliphatic heterocycles. The van der Waals surface area contributed by atoms with Crippen molar-refractivity contribution < 1.29 is 0 Å². The minimum Gasteiger partial charge on any atom is -0.126 e. The van der Waals surface area contributed by atoms with Crippen molar-refractivity contribution >= 4 is 0 Å². The predicted molar refractivity (Wildman–Crippen MR) is 62.3 cm³/mol. The van der Waals surface area contributed by atoms with Crippen LogP contribution in [0.3, 0.4) is 0 Å². The highest BCUT2D eigenvalue weighted by molar-refractivity contribution is 5.15. The molecule has 0 radical (unpaired) electrons. The van der Waals surface area contributed by atoms with E-state index in [1.807, 2.05) is 0 Å². The van der Waals surface area contributed by atoms with E-state index in [1.54, 1.807) is 0 Å². The van der Waals surface area contributed by atoms with Gasteiger partial charge in [-0.15, -0.1) is 5.73 Å². The average Bonchev–Trinajstić information content (AvgIpc) is 2.25. The van der Waals surface area contributed by atoms with Gasteiger partial charge in [0.05, 0.1) is 0 Å². The van der Waals surface area contributed by atoms with E-state index < -0.39 is 0 Å². The molecule has 0 atom stereocenters. The third-order valence-corrected chi connectivity index (χ3v) is 2.30. The fraction of sp³-hybridized carbons (Fsp3) is 0.357. The summed E-state index contributed by atoms with van der Waals surface area (Å²) in [5.41, 5.74) is 6.03. The van der Waals surface area contributed by atoms with Crippen LogP contribution in [0.25, 0.3) is 0 Å². The molecule has 0 amide bonds. The summed E-state index contributed by atoms with van der Waals surface area (Å²) in [6.07, 6.45) is 5.44. The molecule has 0 heteroatoms. The first-order valence-electron chi connectivity index (χ1n) is 5.27. The Morgan fingerprint density at radius 3 is 2.64 bits per heavy atom. The van der Waals surface area contributed by atoms with Crippen molar-refractivity contribution in [3.05, 3.63) is 53.3 Å². The lowest BCUT2D eigenvalue weighted by Gasteiger charge is -1.95. The minimum absolute atomic E-state index is 1.08. The van der Waals surface area contributed by atoms with E-state index in [1.165, 1.54) is 11.1 Å². The smallest absolute Gasteiger partial charge is 0.0234 e. The molecule has 0 aromatic heterocycles. The van der Waals surface area contributed by atoms with Crippen molar-refractivity contribution in [3.63, 3.8) is 0 Å². The zero-order chi connectivity index (χ0) is 10.2. The van der Waals surface area contributed by atoms with E-state index in [9.17, 15) is 0 Å². The van der Waals surface area contributed by atoms with E-state index in [0.717, 1.165) is 19.3 Å². The maximum atomic E-state index is 3.29. The second kappa shape index (κ2) is 6.23. The Hall–Kier alpha value is -1.26. The zero-order valence-corrected chi connectivity index (χ0v) is 9.09. The van der Waals surface area contributed by atoms with Gasteiger partial charge in [-0.05, 0) is 43.4 Å². The van der Waals surface area contributed by atoms with Crippen molar-refractivity contribution in [2.75, 3.05) is 0 Å². The third-order valence-electron chi connectivity index (χ3n) is 2.30. The van der Waals surface area contributed by atoms with Gasteiger partial charge < -0.3 is 0 Å². The second-order valence-corrected chi connectivity index (χ2v) is 3.51. The molecule has 1 aromatic rings. The molecule has 1 rings (SSSR count). The van der Waals surface area contributed by atoms with Crippen LogP contribution in [0.2, 0.25) is 0 Å². The Kier molecular flexibility index (Phi) is 4.82. The lowest BCUT2D eigenvalue weighted by atomic mass is 10.1. The van der Waals surface area contributed by atoms with Crippen LogP contribution >= 0.6 is 0 Å². The van der Waals surface area contributed by atoms with Gasteiger partial charge in [0.15, 0.2) is 0 Å². The van der Waals surface area contributed by atoms with Gasteiger partial charge in [0.25, 0.3) is 0 Å². The van der Waals surface area contributed by atoms with Crippen LogP contribution in [0.15, 0.2) is 47.7 Å². The Bertz CT molecular complexity index is 313. The van der Waals surface area contributed by atoms with Crippen molar-refractivity contribution in [1.29, 1.82) is 0 Å². The van der Waals surface area contributed by atoms with E-state index in [-0.39, 0.29) is 0 Å². The zero-order valence-electron chi connectivity index (χ0n) is 9.09. The lowest BCUT2D eigenvalue weighted by molar-refractivity contribution is 0.999. The van der Waals surface area contributed by atoms with Gasteiger partial charge in [-0.1, -0.05) is 37.3 Å². The Labute approximate surface area is 87.0 Å². The summed E-state index contributed by atoms with van der Waals surface area (Å²) in [5, 5.41) is 0. The van der Waals surface area contributed by atoms with Gasteiger partial charge in [-0.25, -0.2) is 0 Å². The van der Waals surface area contributed by atoms with Gasteiger partial charge in [0, 0.05) is 0 Å². The van der Waals surface area contributed by atoms with Gasteiger partial charge in [-0.3, -0.25) is 0 Å². The number of benzene rings is 1. The van der Waals surface area contributed by atoms with Crippen LogP contribution in [0, 0.1) is 0 Å². The molecule has 0 aliphatic carbocycles. The molecule has 0 aliphatic rings. The summed E-state index contributed by atoms with van der Waals surface area (Å²) in [5.74, 6) is 0. The molecule has 0 nitrogen and oxygen atoms in total. The summed E-state index contributed by atoms with van der Waals surface area (Å²) in [6, 6.07) is 10.6. The topological polar surface area (TPSA) is 0 Å². The van der Waals surface area contributed by atoms with E-state index in [2.05, 4.69) is 56.0 Å². The molecule has 0 spiro atoms. The molecule has 0 fully saturated rings. The largest absolute Gasteiger partial charge is 0.126 e. The lowest BCUT2D eigenvalue weighted by Crippen LogP contribution is -1.80. The first-order valence-corrected chi connectivity index (χ1v) is 5.27. The Morgan fingerprint density at radius 2 is 2.00 bits per heavy atom.